The van der Waals surface area contributed by atoms with Crippen LogP contribution in [0.15, 0.2) is 35.4 Å². The van der Waals surface area contributed by atoms with Crippen molar-refractivity contribution in [3.8, 4) is 11.3 Å². The van der Waals surface area contributed by atoms with E-state index in [-0.39, 0.29) is 11.5 Å². The van der Waals surface area contributed by atoms with Crippen LogP contribution in [0.4, 0.5) is 5.82 Å². The smallest absolute Gasteiger partial charge is 0.271 e. The number of nitrogens with two attached hydrogens (primary N) is 2. The minimum absolute atomic E-state index is 0.00290. The Hall–Kier alpha value is -2.08. The third kappa shape index (κ3) is 3.27. The lowest BCUT2D eigenvalue weighted by Crippen LogP contribution is -2.16. The van der Waals surface area contributed by atoms with Gasteiger partial charge < -0.3 is 11.5 Å². The molecule has 5 nitrogen and oxygen atoms in total. The highest BCUT2D eigenvalue weighted by Crippen LogP contribution is 2.26. The molecule has 1 aromatic heterocycles. The summed E-state index contributed by atoms with van der Waals surface area (Å²) in [6.45, 7) is 4.28. The highest BCUT2D eigenvalue weighted by molar-refractivity contribution is 7.99. The average molecular weight is 288 g/mol. The van der Waals surface area contributed by atoms with E-state index in [2.05, 4.69) is 23.8 Å². The first kappa shape index (κ1) is 14.3. The molecule has 1 amide bonds. The van der Waals surface area contributed by atoms with Crippen LogP contribution >= 0.6 is 11.8 Å². The maximum absolute atomic E-state index is 11.2. The van der Waals surface area contributed by atoms with Gasteiger partial charge in [0.15, 0.2) is 11.5 Å². The fraction of sp³-hybridized carbons (Fsp3) is 0.214. The van der Waals surface area contributed by atoms with Crippen LogP contribution in [0, 0.1) is 0 Å². The van der Waals surface area contributed by atoms with Crippen molar-refractivity contribution in [2.45, 2.75) is 24.0 Å². The van der Waals surface area contributed by atoms with Crippen molar-refractivity contribution in [1.82, 2.24) is 9.97 Å². The summed E-state index contributed by atoms with van der Waals surface area (Å²) in [7, 11) is 0. The van der Waals surface area contributed by atoms with E-state index in [1.54, 1.807) is 11.8 Å². The minimum Gasteiger partial charge on any atom is -0.382 e. The summed E-state index contributed by atoms with van der Waals surface area (Å²) < 4.78 is 0. The molecule has 20 heavy (non-hydrogen) atoms. The summed E-state index contributed by atoms with van der Waals surface area (Å²) in [6, 6.07) is 7.91. The summed E-state index contributed by atoms with van der Waals surface area (Å²) in [5, 5.41) is 0.527. The molecule has 2 rings (SSSR count). The molecule has 0 aliphatic heterocycles. The molecule has 104 valence electrons. The van der Waals surface area contributed by atoms with E-state index in [4.69, 9.17) is 11.5 Å². The van der Waals surface area contributed by atoms with Crippen molar-refractivity contribution in [3.05, 3.63) is 36.2 Å². The Labute approximate surface area is 121 Å². The van der Waals surface area contributed by atoms with Gasteiger partial charge in [-0.05, 0) is 12.1 Å². The molecule has 0 saturated carbocycles. The summed E-state index contributed by atoms with van der Waals surface area (Å²) >= 11 is 1.78. The molecule has 0 spiro atoms. The molecule has 2 aromatic rings. The van der Waals surface area contributed by atoms with Crippen molar-refractivity contribution < 1.29 is 4.79 Å². The van der Waals surface area contributed by atoms with Crippen LogP contribution in [0.2, 0.25) is 0 Å². The third-order valence-electron chi connectivity index (χ3n) is 2.56. The van der Waals surface area contributed by atoms with E-state index in [9.17, 15) is 4.79 Å². The van der Waals surface area contributed by atoms with Crippen LogP contribution in [0.1, 0.15) is 24.3 Å². The van der Waals surface area contributed by atoms with E-state index in [1.807, 2.05) is 24.3 Å². The van der Waals surface area contributed by atoms with Crippen molar-refractivity contribution >= 4 is 23.5 Å². The van der Waals surface area contributed by atoms with Gasteiger partial charge in [0, 0.05) is 15.7 Å². The van der Waals surface area contributed by atoms with Gasteiger partial charge in [-0.1, -0.05) is 26.0 Å². The van der Waals surface area contributed by atoms with Gasteiger partial charge >= 0.3 is 0 Å². The SMILES string of the molecule is CC(C)Sc1ccc(-c2cnc(N)c(C(N)=O)n2)cc1. The quantitative estimate of drug-likeness (QED) is 0.842. The number of hydrogen-bond donors (Lipinski definition) is 2. The Morgan fingerprint density at radius 3 is 2.45 bits per heavy atom. The van der Waals surface area contributed by atoms with E-state index in [1.165, 1.54) is 11.1 Å². The van der Waals surface area contributed by atoms with Gasteiger partial charge in [-0.3, -0.25) is 4.79 Å². The predicted molar refractivity (Wildman–Crippen MR) is 81.4 cm³/mol. The van der Waals surface area contributed by atoms with Gasteiger partial charge in [-0.25, -0.2) is 9.97 Å². The largest absolute Gasteiger partial charge is 0.382 e. The normalized spacial score (nSPS) is 10.8. The fourth-order valence-electron chi connectivity index (χ4n) is 1.70. The first-order valence-corrected chi connectivity index (χ1v) is 7.04. The Bertz CT molecular complexity index is 626. The molecule has 1 aromatic carbocycles. The molecule has 0 aliphatic rings. The number of thioether (sulfide) groups is 1. The molecule has 0 fully saturated rings. The van der Waals surface area contributed by atoms with E-state index in [0.717, 1.165) is 5.56 Å². The van der Waals surface area contributed by atoms with Crippen molar-refractivity contribution in [1.29, 1.82) is 0 Å². The molecule has 0 saturated heterocycles. The van der Waals surface area contributed by atoms with Gasteiger partial charge in [-0.15, -0.1) is 11.8 Å². The fourth-order valence-corrected chi connectivity index (χ4v) is 2.53. The number of carbonyl (C=O) groups excluding carboxylic acids is 1. The summed E-state index contributed by atoms with van der Waals surface area (Å²) in [4.78, 5) is 20.5. The molecular weight excluding hydrogens is 272 g/mol. The van der Waals surface area contributed by atoms with Crippen LogP contribution in [-0.2, 0) is 0 Å². The van der Waals surface area contributed by atoms with E-state index < -0.39 is 5.91 Å². The zero-order valence-corrected chi connectivity index (χ0v) is 12.1. The number of rotatable bonds is 4. The molecule has 0 aliphatic carbocycles. The first-order valence-electron chi connectivity index (χ1n) is 6.17. The lowest BCUT2D eigenvalue weighted by atomic mass is 10.1. The molecule has 4 N–H and O–H groups in total. The number of carbonyl (C=O) groups is 1. The van der Waals surface area contributed by atoms with Crippen molar-refractivity contribution in [2.75, 3.05) is 5.73 Å². The van der Waals surface area contributed by atoms with Crippen LogP contribution in [-0.4, -0.2) is 21.1 Å². The monoisotopic (exact) mass is 288 g/mol. The van der Waals surface area contributed by atoms with Gasteiger partial charge in [0.1, 0.15) is 0 Å². The number of nitrogens with zero attached hydrogens (tertiary/aromatic N) is 2. The van der Waals surface area contributed by atoms with Gasteiger partial charge in [0.2, 0.25) is 0 Å². The Morgan fingerprint density at radius 2 is 1.90 bits per heavy atom. The maximum atomic E-state index is 11.2. The lowest BCUT2D eigenvalue weighted by molar-refractivity contribution is 0.0996. The molecule has 0 atom stereocenters. The summed E-state index contributed by atoms with van der Waals surface area (Å²) in [6.07, 6.45) is 1.53. The van der Waals surface area contributed by atoms with Crippen LogP contribution in [0.3, 0.4) is 0 Å². The second-order valence-electron chi connectivity index (χ2n) is 4.54. The minimum atomic E-state index is -0.677. The zero-order chi connectivity index (χ0) is 14.7. The van der Waals surface area contributed by atoms with Gasteiger partial charge in [0.05, 0.1) is 11.9 Å². The van der Waals surface area contributed by atoms with E-state index >= 15 is 0 Å². The lowest BCUT2D eigenvalue weighted by Gasteiger charge is -2.07. The molecule has 0 unspecified atom stereocenters. The predicted octanol–water partition coefficient (Wildman–Crippen LogP) is 2.33. The number of primary amides is 1. The molecule has 1 heterocycles. The number of hydrogen-bond acceptors (Lipinski definition) is 5. The number of anilines is 1. The standard InChI is InChI=1S/C14H16N4OS/c1-8(2)20-10-5-3-9(4-6-10)11-7-17-13(15)12(18-11)14(16)19/h3-8H,1-2H3,(H2,15,17)(H2,16,19). The second kappa shape index (κ2) is 5.92. The third-order valence-corrected chi connectivity index (χ3v) is 3.57. The van der Waals surface area contributed by atoms with Crippen LogP contribution < -0.4 is 11.5 Å². The Kier molecular flexibility index (Phi) is 4.24. The number of aromatic nitrogens is 2. The molecule has 6 heteroatoms. The van der Waals surface area contributed by atoms with Gasteiger partial charge in [0.25, 0.3) is 5.91 Å². The molecular formula is C14H16N4OS. The number of nitrogen functional groups attached to an aromatic ring is 1. The van der Waals surface area contributed by atoms with E-state index in [0.29, 0.717) is 10.9 Å². The number of amides is 1. The first-order chi connectivity index (χ1) is 9.47. The highest BCUT2D eigenvalue weighted by Gasteiger charge is 2.11. The van der Waals surface area contributed by atoms with Crippen molar-refractivity contribution in [3.63, 3.8) is 0 Å². The topological polar surface area (TPSA) is 94.9 Å². The molecule has 0 bridgehead atoms. The Balaban J connectivity index is 2.32. The summed E-state index contributed by atoms with van der Waals surface area (Å²) in [5.41, 5.74) is 12.2. The summed E-state index contributed by atoms with van der Waals surface area (Å²) in [5.74, 6) is -0.628. The molecule has 0 radical (unpaired) electrons. The van der Waals surface area contributed by atoms with Gasteiger partial charge in [-0.2, -0.15) is 0 Å². The van der Waals surface area contributed by atoms with Crippen LogP contribution in [0.5, 0.6) is 0 Å². The van der Waals surface area contributed by atoms with Crippen LogP contribution in [0.25, 0.3) is 11.3 Å². The van der Waals surface area contributed by atoms with Crippen molar-refractivity contribution in [2.24, 2.45) is 5.73 Å². The number of benzene rings is 1. The second-order valence-corrected chi connectivity index (χ2v) is 6.19. The zero-order valence-electron chi connectivity index (χ0n) is 11.3. The Morgan fingerprint density at radius 1 is 1.25 bits per heavy atom. The highest BCUT2D eigenvalue weighted by atomic mass is 32.2. The average Bonchev–Trinajstić information content (AvgIpc) is 2.39. The maximum Gasteiger partial charge on any atom is 0.271 e.